The van der Waals surface area contributed by atoms with Crippen LogP contribution in [0.25, 0.3) is 11.0 Å². The quantitative estimate of drug-likeness (QED) is 0.580. The zero-order chi connectivity index (χ0) is 18.0. The lowest BCUT2D eigenvalue weighted by Crippen LogP contribution is -2.28. The fourth-order valence-electron chi connectivity index (χ4n) is 2.64. The average Bonchev–Trinajstić information content (AvgIpc) is 3.03. The van der Waals surface area contributed by atoms with Crippen molar-refractivity contribution in [3.8, 4) is 0 Å². The summed E-state index contributed by atoms with van der Waals surface area (Å²) in [5.74, 6) is 0.903. The van der Waals surface area contributed by atoms with Crippen LogP contribution < -0.4 is 0 Å². The molecule has 1 atom stereocenters. The summed E-state index contributed by atoms with van der Waals surface area (Å²) in [6, 6.07) is 16.6. The Kier molecular flexibility index (Phi) is 5.32. The molecule has 4 nitrogen and oxygen atoms in total. The molecule has 0 fully saturated rings. The van der Waals surface area contributed by atoms with E-state index in [4.69, 9.17) is 4.42 Å². The Morgan fingerprint density at radius 3 is 2.48 bits per heavy atom. The van der Waals surface area contributed by atoms with Gasteiger partial charge in [0, 0.05) is 16.4 Å². The molecule has 0 bridgehead atoms. The number of fused-ring (bicyclic) bond motifs is 1. The molecule has 0 aliphatic rings. The van der Waals surface area contributed by atoms with Crippen LogP contribution in [0.1, 0.15) is 18.7 Å². The van der Waals surface area contributed by atoms with Crippen molar-refractivity contribution in [3.63, 3.8) is 0 Å². The number of sulfone groups is 1. The van der Waals surface area contributed by atoms with Gasteiger partial charge in [-0.1, -0.05) is 34.1 Å². The highest BCUT2D eigenvalue weighted by Crippen LogP contribution is 2.26. The zero-order valence-electron chi connectivity index (χ0n) is 14.1. The number of benzene rings is 2. The third-order valence-corrected chi connectivity index (χ3v) is 6.64. The third kappa shape index (κ3) is 4.14. The summed E-state index contributed by atoms with van der Waals surface area (Å²) in [4.78, 5) is 2.34. The molecule has 0 amide bonds. The van der Waals surface area contributed by atoms with E-state index in [9.17, 15) is 8.42 Å². The molecule has 0 aliphatic carbocycles. The third-order valence-electron chi connectivity index (χ3n) is 4.40. The minimum Gasteiger partial charge on any atom is -0.459 e. The van der Waals surface area contributed by atoms with Gasteiger partial charge in [-0.2, -0.15) is 0 Å². The van der Waals surface area contributed by atoms with Crippen molar-refractivity contribution < 1.29 is 12.8 Å². The van der Waals surface area contributed by atoms with Crippen LogP contribution in [0.15, 0.2) is 68.4 Å². The first-order valence-electron chi connectivity index (χ1n) is 8.04. The van der Waals surface area contributed by atoms with Crippen LogP contribution >= 0.6 is 15.9 Å². The fraction of sp³-hybridized carbons (Fsp3) is 0.263. The van der Waals surface area contributed by atoms with E-state index in [-0.39, 0.29) is 11.8 Å². The van der Waals surface area contributed by atoms with E-state index in [1.165, 1.54) is 0 Å². The summed E-state index contributed by atoms with van der Waals surface area (Å²) in [5, 5.41) is 1.06. The van der Waals surface area contributed by atoms with Crippen molar-refractivity contribution in [1.29, 1.82) is 0 Å². The van der Waals surface area contributed by atoms with Crippen molar-refractivity contribution >= 4 is 36.7 Å². The molecule has 0 saturated carbocycles. The molecule has 132 valence electrons. The van der Waals surface area contributed by atoms with Gasteiger partial charge in [0.05, 0.1) is 16.7 Å². The smallest absolute Gasteiger partial charge is 0.179 e. The van der Waals surface area contributed by atoms with Crippen molar-refractivity contribution in [3.05, 3.63) is 64.8 Å². The number of halogens is 1. The van der Waals surface area contributed by atoms with Crippen LogP contribution in [0.4, 0.5) is 0 Å². The highest BCUT2D eigenvalue weighted by molar-refractivity contribution is 9.10. The Morgan fingerprint density at radius 1 is 1.12 bits per heavy atom. The summed E-state index contributed by atoms with van der Waals surface area (Å²) in [5.41, 5.74) is 0.847. The van der Waals surface area contributed by atoms with Crippen molar-refractivity contribution in [2.75, 3.05) is 19.3 Å². The van der Waals surface area contributed by atoms with Gasteiger partial charge in [-0.3, -0.25) is 4.90 Å². The Bertz CT molecular complexity index is 931. The molecule has 2 aromatic carbocycles. The predicted octanol–water partition coefficient (Wildman–Crippen LogP) is 4.66. The molecule has 3 aromatic rings. The first kappa shape index (κ1) is 18.2. The number of para-hydroxylation sites is 1. The normalized spacial score (nSPS) is 13.4. The van der Waals surface area contributed by atoms with E-state index in [0.29, 0.717) is 11.4 Å². The molecule has 25 heavy (non-hydrogen) atoms. The molecular formula is C19H20BrNO3S. The Labute approximate surface area is 156 Å². The fourth-order valence-corrected chi connectivity index (χ4v) is 4.22. The van der Waals surface area contributed by atoms with Crippen molar-refractivity contribution in [1.82, 2.24) is 4.90 Å². The summed E-state index contributed by atoms with van der Waals surface area (Å²) in [6.45, 7) is 2.45. The van der Waals surface area contributed by atoms with E-state index in [1.54, 1.807) is 24.3 Å². The lowest BCUT2D eigenvalue weighted by atomic mass is 10.2. The molecule has 3 rings (SSSR count). The van der Waals surface area contributed by atoms with Crippen LogP contribution in [0, 0.1) is 0 Å². The summed E-state index contributed by atoms with van der Waals surface area (Å²) in [6.07, 6.45) is 0. The second-order valence-electron chi connectivity index (χ2n) is 6.12. The monoisotopic (exact) mass is 421 g/mol. The maximum absolute atomic E-state index is 12.5. The average molecular weight is 422 g/mol. The first-order valence-corrected chi connectivity index (χ1v) is 10.5. The molecule has 0 aliphatic heterocycles. The standard InChI is InChI=1S/C19H20BrNO3S/c1-14(19-13-15-5-3-4-6-18(15)24-19)21(2)11-12-25(22,23)17-9-7-16(20)8-10-17/h3-10,13-14H,11-12H2,1-2H3. The van der Waals surface area contributed by atoms with E-state index in [2.05, 4.69) is 15.9 Å². The number of hydrogen-bond acceptors (Lipinski definition) is 4. The van der Waals surface area contributed by atoms with E-state index < -0.39 is 9.84 Å². The first-order chi connectivity index (χ1) is 11.9. The van der Waals surface area contributed by atoms with E-state index >= 15 is 0 Å². The van der Waals surface area contributed by atoms with Crippen molar-refractivity contribution in [2.45, 2.75) is 17.9 Å². The number of furan rings is 1. The van der Waals surface area contributed by atoms with Crippen molar-refractivity contribution in [2.24, 2.45) is 0 Å². The lowest BCUT2D eigenvalue weighted by molar-refractivity contribution is 0.246. The molecular weight excluding hydrogens is 402 g/mol. The SMILES string of the molecule is CC(c1cc2ccccc2o1)N(C)CCS(=O)(=O)c1ccc(Br)cc1. The van der Waals surface area contributed by atoms with Crippen LogP contribution in [0.2, 0.25) is 0 Å². The Hall–Kier alpha value is -1.63. The van der Waals surface area contributed by atoms with Crippen LogP contribution in [0.3, 0.4) is 0 Å². The Balaban J connectivity index is 1.68. The van der Waals surface area contributed by atoms with Gasteiger partial charge >= 0.3 is 0 Å². The number of nitrogens with zero attached hydrogens (tertiary/aromatic N) is 1. The predicted molar refractivity (Wildman–Crippen MR) is 103 cm³/mol. The van der Waals surface area contributed by atoms with Gasteiger partial charge in [-0.25, -0.2) is 8.42 Å². The molecule has 0 saturated heterocycles. The summed E-state index contributed by atoms with van der Waals surface area (Å²) < 4.78 is 31.7. The minimum atomic E-state index is -3.31. The number of rotatable bonds is 6. The second-order valence-corrected chi connectivity index (χ2v) is 9.14. The van der Waals surface area contributed by atoms with Crippen LogP contribution in [-0.2, 0) is 9.84 Å². The molecule has 1 heterocycles. The molecule has 6 heteroatoms. The van der Waals surface area contributed by atoms with E-state index in [1.807, 2.05) is 49.2 Å². The maximum atomic E-state index is 12.5. The van der Waals surface area contributed by atoms with Gasteiger partial charge < -0.3 is 4.42 Å². The largest absolute Gasteiger partial charge is 0.459 e. The van der Waals surface area contributed by atoms with Gasteiger partial charge in [-0.15, -0.1) is 0 Å². The topological polar surface area (TPSA) is 50.5 Å². The molecule has 1 unspecified atom stereocenters. The van der Waals surface area contributed by atoms with Gasteiger partial charge in [0.15, 0.2) is 9.84 Å². The minimum absolute atomic E-state index is 0.00693. The highest BCUT2D eigenvalue weighted by atomic mass is 79.9. The lowest BCUT2D eigenvalue weighted by Gasteiger charge is -2.22. The number of hydrogen-bond donors (Lipinski definition) is 0. The highest BCUT2D eigenvalue weighted by Gasteiger charge is 2.20. The van der Waals surface area contributed by atoms with Crippen LogP contribution in [0.5, 0.6) is 0 Å². The van der Waals surface area contributed by atoms with Crippen LogP contribution in [-0.4, -0.2) is 32.7 Å². The van der Waals surface area contributed by atoms with Gasteiger partial charge in [0.1, 0.15) is 11.3 Å². The van der Waals surface area contributed by atoms with Gasteiger partial charge in [0.25, 0.3) is 0 Å². The summed E-state index contributed by atoms with van der Waals surface area (Å²) in [7, 11) is -1.39. The second kappa shape index (κ2) is 7.32. The molecule has 1 aromatic heterocycles. The Morgan fingerprint density at radius 2 is 1.80 bits per heavy atom. The van der Waals surface area contributed by atoms with E-state index in [0.717, 1.165) is 21.2 Å². The molecule has 0 spiro atoms. The maximum Gasteiger partial charge on any atom is 0.179 e. The molecule has 0 N–H and O–H groups in total. The molecule has 0 radical (unpaired) electrons. The van der Waals surface area contributed by atoms with Gasteiger partial charge in [0.2, 0.25) is 0 Å². The zero-order valence-corrected chi connectivity index (χ0v) is 16.5. The summed E-state index contributed by atoms with van der Waals surface area (Å²) >= 11 is 3.32. The van der Waals surface area contributed by atoms with Gasteiger partial charge in [-0.05, 0) is 50.4 Å².